The van der Waals surface area contributed by atoms with Crippen LogP contribution in [0.4, 0.5) is 4.39 Å². The molecule has 0 aliphatic carbocycles. The Labute approximate surface area is 130 Å². The number of halogens is 1. The molecule has 1 atom stereocenters. The number of rotatable bonds is 4. The van der Waals surface area contributed by atoms with Crippen LogP contribution in [0.15, 0.2) is 30.6 Å². The number of ether oxygens (including phenoxy) is 1. The van der Waals surface area contributed by atoms with E-state index < -0.39 is 0 Å². The molecule has 4 nitrogen and oxygen atoms in total. The van der Waals surface area contributed by atoms with E-state index in [-0.39, 0.29) is 5.82 Å². The lowest BCUT2D eigenvalue weighted by molar-refractivity contribution is 0.161. The Morgan fingerprint density at radius 2 is 2.27 bits per heavy atom. The van der Waals surface area contributed by atoms with Crippen LogP contribution < -0.4 is 4.74 Å². The topological polar surface area (TPSA) is 30.3 Å². The minimum Gasteiger partial charge on any atom is -0.494 e. The molecule has 0 saturated carbocycles. The number of likely N-dealkylation sites (tertiary alicyclic amines) is 1. The second kappa shape index (κ2) is 6.48. The molecule has 1 unspecified atom stereocenters. The van der Waals surface area contributed by atoms with Gasteiger partial charge < -0.3 is 4.74 Å². The van der Waals surface area contributed by atoms with Gasteiger partial charge in [0.2, 0.25) is 0 Å². The number of nitrogens with zero attached hydrogens (tertiary/aromatic N) is 3. The van der Waals surface area contributed by atoms with E-state index in [0.717, 1.165) is 25.9 Å². The predicted octanol–water partition coefficient (Wildman–Crippen LogP) is 3.18. The smallest absolute Gasteiger partial charge is 0.169 e. The van der Waals surface area contributed by atoms with Gasteiger partial charge in [0.1, 0.15) is 0 Å². The van der Waals surface area contributed by atoms with Crippen molar-refractivity contribution in [2.75, 3.05) is 20.2 Å². The Morgan fingerprint density at radius 3 is 3.00 bits per heavy atom. The highest BCUT2D eigenvalue weighted by Gasteiger charge is 2.23. The predicted molar refractivity (Wildman–Crippen MR) is 83.5 cm³/mol. The van der Waals surface area contributed by atoms with Gasteiger partial charge in [0.25, 0.3) is 0 Å². The highest BCUT2D eigenvalue weighted by atomic mass is 19.1. The van der Waals surface area contributed by atoms with Gasteiger partial charge in [-0.2, -0.15) is 5.10 Å². The molecular weight excluding hydrogens is 281 g/mol. The summed E-state index contributed by atoms with van der Waals surface area (Å²) in [7, 11) is 1.50. The summed E-state index contributed by atoms with van der Waals surface area (Å²) >= 11 is 0. The quantitative estimate of drug-likeness (QED) is 0.869. The molecule has 0 N–H and O–H groups in total. The number of piperidine rings is 1. The largest absolute Gasteiger partial charge is 0.494 e. The van der Waals surface area contributed by atoms with Crippen molar-refractivity contribution in [3.05, 3.63) is 47.5 Å². The summed E-state index contributed by atoms with van der Waals surface area (Å²) in [4.78, 5) is 2.29. The maximum Gasteiger partial charge on any atom is 0.169 e. The Bertz CT molecular complexity index is 641. The maximum atomic E-state index is 14.3. The molecule has 22 heavy (non-hydrogen) atoms. The Kier molecular flexibility index (Phi) is 4.43. The average Bonchev–Trinajstić information content (AvgIpc) is 2.96. The first-order chi connectivity index (χ1) is 10.7. The Balaban J connectivity index is 1.70. The van der Waals surface area contributed by atoms with Crippen LogP contribution in [0.5, 0.6) is 5.75 Å². The monoisotopic (exact) mass is 303 g/mol. The normalized spacial score (nSPS) is 19.3. The molecule has 1 aliphatic rings. The molecule has 0 radical (unpaired) electrons. The zero-order valence-electron chi connectivity index (χ0n) is 13.1. The summed E-state index contributed by atoms with van der Waals surface area (Å²) in [5, 5.41) is 4.42. The van der Waals surface area contributed by atoms with Crippen molar-refractivity contribution in [2.45, 2.75) is 32.4 Å². The summed E-state index contributed by atoms with van der Waals surface area (Å²) < 4.78 is 21.4. The molecule has 2 heterocycles. The average molecular weight is 303 g/mol. The second-order valence-corrected chi connectivity index (χ2v) is 5.96. The van der Waals surface area contributed by atoms with Crippen LogP contribution in [0.3, 0.4) is 0 Å². The lowest BCUT2D eigenvalue weighted by atomic mass is 10.0. The van der Waals surface area contributed by atoms with Gasteiger partial charge in [-0.1, -0.05) is 12.1 Å². The van der Waals surface area contributed by atoms with Gasteiger partial charge in [-0.3, -0.25) is 9.58 Å². The van der Waals surface area contributed by atoms with E-state index in [1.54, 1.807) is 6.07 Å². The molecule has 1 aromatic carbocycles. The Hall–Kier alpha value is -1.88. The van der Waals surface area contributed by atoms with Crippen LogP contribution in [-0.2, 0) is 6.54 Å². The van der Waals surface area contributed by atoms with E-state index in [4.69, 9.17) is 4.74 Å². The molecule has 3 rings (SSSR count). The zero-order chi connectivity index (χ0) is 15.5. The standard InChI is InChI=1S/C17H22FN3O/c1-13-9-19-21(10-13)15-6-4-8-20(12-15)11-14-5-3-7-16(22-2)17(14)18/h3,5,7,9-10,15H,4,6,8,11-12H2,1-2H3. The minimum absolute atomic E-state index is 0.248. The molecule has 5 heteroatoms. The van der Waals surface area contributed by atoms with Gasteiger partial charge in [-0.15, -0.1) is 0 Å². The number of benzene rings is 1. The summed E-state index contributed by atoms with van der Waals surface area (Å²) in [6, 6.07) is 5.70. The molecule has 1 saturated heterocycles. The van der Waals surface area contributed by atoms with Crippen LogP contribution in [0.1, 0.15) is 30.0 Å². The third-order valence-electron chi connectivity index (χ3n) is 4.24. The lowest BCUT2D eigenvalue weighted by Gasteiger charge is -2.33. The third-order valence-corrected chi connectivity index (χ3v) is 4.24. The summed E-state index contributed by atoms with van der Waals surface area (Å²) in [6.07, 6.45) is 6.20. The van der Waals surface area contributed by atoms with Crippen molar-refractivity contribution in [2.24, 2.45) is 0 Å². The summed E-state index contributed by atoms with van der Waals surface area (Å²) in [5.41, 5.74) is 1.87. The van der Waals surface area contributed by atoms with E-state index in [0.29, 0.717) is 23.9 Å². The fraction of sp³-hybridized carbons (Fsp3) is 0.471. The highest BCUT2D eigenvalue weighted by molar-refractivity contribution is 5.31. The fourth-order valence-corrected chi connectivity index (χ4v) is 3.10. The molecule has 1 aliphatic heterocycles. The first kappa shape index (κ1) is 15.0. The van der Waals surface area contributed by atoms with Gasteiger partial charge in [0.05, 0.1) is 19.3 Å². The van der Waals surface area contributed by atoms with Crippen molar-refractivity contribution in [1.29, 1.82) is 0 Å². The molecule has 0 amide bonds. The van der Waals surface area contributed by atoms with Crippen LogP contribution in [0, 0.1) is 12.7 Å². The molecular formula is C17H22FN3O. The summed E-state index contributed by atoms with van der Waals surface area (Å²) in [5.74, 6) is 0.0656. The van der Waals surface area contributed by atoms with E-state index in [2.05, 4.69) is 23.1 Å². The molecule has 2 aromatic rings. The summed E-state index contributed by atoms with van der Waals surface area (Å²) in [6.45, 7) is 4.56. The molecule has 0 spiro atoms. The van der Waals surface area contributed by atoms with E-state index in [1.807, 2.05) is 23.0 Å². The zero-order valence-corrected chi connectivity index (χ0v) is 13.1. The first-order valence-electron chi connectivity index (χ1n) is 7.72. The van der Waals surface area contributed by atoms with Crippen LogP contribution in [0.2, 0.25) is 0 Å². The maximum absolute atomic E-state index is 14.3. The van der Waals surface area contributed by atoms with Crippen LogP contribution >= 0.6 is 0 Å². The number of hydrogen-bond donors (Lipinski definition) is 0. The first-order valence-corrected chi connectivity index (χ1v) is 7.72. The minimum atomic E-state index is -0.248. The lowest BCUT2D eigenvalue weighted by Crippen LogP contribution is -2.36. The molecule has 0 bridgehead atoms. The van der Waals surface area contributed by atoms with Crippen molar-refractivity contribution < 1.29 is 9.13 Å². The molecule has 1 aromatic heterocycles. The number of hydrogen-bond acceptors (Lipinski definition) is 3. The number of aromatic nitrogens is 2. The molecule has 1 fully saturated rings. The van der Waals surface area contributed by atoms with Crippen LogP contribution in [0.25, 0.3) is 0 Å². The van der Waals surface area contributed by atoms with Gasteiger partial charge in [0, 0.05) is 24.8 Å². The highest BCUT2D eigenvalue weighted by Crippen LogP contribution is 2.25. The second-order valence-electron chi connectivity index (χ2n) is 5.96. The van der Waals surface area contributed by atoms with Gasteiger partial charge >= 0.3 is 0 Å². The van der Waals surface area contributed by atoms with E-state index >= 15 is 0 Å². The van der Waals surface area contributed by atoms with E-state index in [1.165, 1.54) is 12.7 Å². The van der Waals surface area contributed by atoms with Crippen molar-refractivity contribution in [3.63, 3.8) is 0 Å². The van der Waals surface area contributed by atoms with Gasteiger partial charge in [-0.05, 0) is 37.9 Å². The third kappa shape index (κ3) is 3.14. The SMILES string of the molecule is COc1cccc(CN2CCCC(n3cc(C)cn3)C2)c1F. The van der Waals surface area contributed by atoms with Crippen molar-refractivity contribution in [1.82, 2.24) is 14.7 Å². The fourth-order valence-electron chi connectivity index (χ4n) is 3.10. The molecule has 118 valence electrons. The van der Waals surface area contributed by atoms with Gasteiger partial charge in [-0.25, -0.2) is 4.39 Å². The Morgan fingerprint density at radius 1 is 1.41 bits per heavy atom. The van der Waals surface area contributed by atoms with Crippen LogP contribution in [-0.4, -0.2) is 34.9 Å². The van der Waals surface area contributed by atoms with Crippen molar-refractivity contribution in [3.8, 4) is 5.75 Å². The van der Waals surface area contributed by atoms with Crippen molar-refractivity contribution >= 4 is 0 Å². The van der Waals surface area contributed by atoms with Gasteiger partial charge in [0.15, 0.2) is 11.6 Å². The number of aryl methyl sites for hydroxylation is 1. The van der Waals surface area contributed by atoms with E-state index in [9.17, 15) is 4.39 Å². The number of methoxy groups -OCH3 is 1.